The number of rotatable bonds is 14. The highest BCUT2D eigenvalue weighted by Gasteiger charge is 2.22. The van der Waals surface area contributed by atoms with Crippen molar-refractivity contribution in [3.8, 4) is 44.5 Å². The normalized spacial score (nSPS) is 11.3. The van der Waals surface area contributed by atoms with E-state index in [1.807, 2.05) is 134 Å². The van der Waals surface area contributed by atoms with E-state index in [4.69, 9.17) is 44.7 Å². The Balaban J connectivity index is 0.000000180. The molecular formula is C49H61N8O12P3+8. The molecule has 0 saturated heterocycles. The highest BCUT2D eigenvalue weighted by molar-refractivity contribution is 7.50. The van der Waals surface area contributed by atoms with Crippen LogP contribution in [0.15, 0.2) is 196 Å². The Kier molecular flexibility index (Phi) is 21.0. The van der Waals surface area contributed by atoms with Gasteiger partial charge in [-0.3, -0.25) is 13.7 Å². The highest BCUT2D eigenvalue weighted by Crippen LogP contribution is 2.35. The first kappa shape index (κ1) is 56.4. The average molecular weight is 1050 g/mol. The minimum Gasteiger partial charge on any atom is -0.339 e. The van der Waals surface area contributed by atoms with Gasteiger partial charge in [0.1, 0.15) is 13.6 Å². The molecule has 0 aromatic carbocycles. The highest BCUT2D eigenvalue weighted by atomic mass is 31.2. The Morgan fingerprint density at radius 3 is 0.639 bits per heavy atom. The molecule has 0 amide bonds. The maximum atomic E-state index is 10.9. The summed E-state index contributed by atoms with van der Waals surface area (Å²) in [5.74, 6) is 0. The van der Waals surface area contributed by atoms with E-state index in [1.165, 1.54) is 19.3 Å². The zero-order valence-corrected chi connectivity index (χ0v) is 42.3. The molecule has 23 heteroatoms. The topological polar surface area (TPSA) is 264 Å². The first-order chi connectivity index (χ1) is 34.2. The summed E-state index contributed by atoms with van der Waals surface area (Å²) in [5, 5.41) is 26.7. The second-order valence-corrected chi connectivity index (χ2v) is 21.0. The van der Waals surface area contributed by atoms with Crippen molar-refractivity contribution in [1.29, 1.82) is 0 Å². The van der Waals surface area contributed by atoms with Crippen molar-refractivity contribution < 1.29 is 94.9 Å². The molecule has 0 aliphatic carbocycles. The van der Waals surface area contributed by atoms with Crippen molar-refractivity contribution in [2.24, 2.45) is 7.05 Å². The zero-order chi connectivity index (χ0) is 52.3. The molecule has 0 radical (unpaired) electrons. The van der Waals surface area contributed by atoms with Crippen LogP contribution in [0, 0.1) is 0 Å². The quantitative estimate of drug-likeness (QED) is 0.0555. The Morgan fingerprint density at radius 1 is 0.306 bits per heavy atom. The monoisotopic (exact) mass is 1050 g/mol. The molecule has 8 rings (SSSR count). The Morgan fingerprint density at radius 2 is 0.472 bits per heavy atom. The fourth-order valence-electron chi connectivity index (χ4n) is 6.66. The molecule has 8 heterocycles. The molecule has 0 spiro atoms. The van der Waals surface area contributed by atoms with Gasteiger partial charge in [0.25, 0.3) is 0 Å². The third kappa shape index (κ3) is 19.6. The van der Waals surface area contributed by atoms with Gasteiger partial charge in [-0.1, -0.05) is 0 Å². The Labute approximate surface area is 416 Å². The lowest BCUT2D eigenvalue weighted by Crippen LogP contribution is -2.32. The van der Waals surface area contributed by atoms with Crippen LogP contribution in [0.3, 0.4) is 0 Å². The summed E-state index contributed by atoms with van der Waals surface area (Å²) >= 11 is 0. The fourth-order valence-corrected chi connectivity index (χ4v) is 8.50. The van der Waals surface area contributed by atoms with E-state index in [1.54, 1.807) is 75.1 Å². The first-order valence-electron chi connectivity index (χ1n) is 22.1. The lowest BCUT2D eigenvalue weighted by molar-refractivity contribution is -0.730. The Hall–Kier alpha value is -6.47. The first-order valence-corrected chi connectivity index (χ1v) is 27.5. The molecule has 0 aliphatic heterocycles. The van der Waals surface area contributed by atoms with Gasteiger partial charge >= 0.3 is 22.8 Å². The third-order valence-electron chi connectivity index (χ3n) is 10.4. The molecule has 9 N–H and O–H groups in total. The Bertz CT molecular complexity index is 2940. The van der Waals surface area contributed by atoms with Crippen molar-refractivity contribution >= 4 is 22.8 Å². The van der Waals surface area contributed by atoms with Crippen LogP contribution in [0.25, 0.3) is 44.5 Å². The summed E-state index contributed by atoms with van der Waals surface area (Å²) in [4.78, 5) is 53.4. The summed E-state index contributed by atoms with van der Waals surface area (Å²) in [6.07, 6.45) is 27.6. The van der Waals surface area contributed by atoms with Crippen molar-refractivity contribution in [1.82, 2.24) is 0 Å². The number of aromatic nitrogens is 8. The van der Waals surface area contributed by atoms with Gasteiger partial charge in [0.05, 0.1) is 0 Å². The molecular weight excluding hydrogens is 986 g/mol. The zero-order valence-electron chi connectivity index (χ0n) is 39.6. The third-order valence-corrected chi connectivity index (χ3v) is 12.5. The molecule has 0 aliphatic rings. The second-order valence-electron chi connectivity index (χ2n) is 16.1. The number of hydrogen-bond acceptors (Lipinski definition) is 6. The lowest BCUT2D eigenvalue weighted by atomic mass is 10.1. The number of aliphatic hydroxyl groups excluding tert-OH is 3. The van der Waals surface area contributed by atoms with Gasteiger partial charge in [0.2, 0.25) is 39.0 Å². The molecule has 72 heavy (non-hydrogen) atoms. The van der Waals surface area contributed by atoms with E-state index in [2.05, 4.69) is 23.6 Å². The standard InChI is InChI=1S/C13H15N2O3P.C12H14N2O6P2.C12H14N2O2.C12H14N2O/c1-2-14-7-3-12(4-8-14)13-5-9-15(10-6-13)11-19(16,17)18;15-21(16,17)9-13-5-1-11(2-6-13)12-3-7-14(8-4-12)10-22(18,19)20;15-9-13-5-1-11(2-6-13)12-3-7-14(10-16)8-4-12;1-13-6-2-11(3-7-13)12-4-8-14(10-15)9-5-12/h3-10H,2,11H2,1H3;1-8H,9-10H2,(H2-2,15,16,17,18,19,20);1-8,15-16H,9-10H2;2-9,15H,10H2,1H3/q;;2*+2/p+4. The van der Waals surface area contributed by atoms with E-state index in [0.29, 0.717) is 0 Å². The van der Waals surface area contributed by atoms with Crippen LogP contribution in [0.5, 0.6) is 0 Å². The summed E-state index contributed by atoms with van der Waals surface area (Å²) in [6, 6.07) is 30.4. The number of pyridine rings is 8. The molecule has 376 valence electrons. The second kappa shape index (κ2) is 26.8. The molecule has 0 bridgehead atoms. The largest absolute Gasteiger partial charge is 0.390 e. The lowest BCUT2D eigenvalue weighted by Gasteiger charge is -2.03. The van der Waals surface area contributed by atoms with Crippen LogP contribution < -0.4 is 36.5 Å². The number of aryl methyl sites for hydroxylation is 2. The van der Waals surface area contributed by atoms with Gasteiger partial charge in [-0.05, 0) is 51.4 Å². The summed E-state index contributed by atoms with van der Waals surface area (Å²) in [6.45, 7) is 2.99. The van der Waals surface area contributed by atoms with Gasteiger partial charge in [-0.2, -0.15) is 27.4 Å². The molecule has 0 fully saturated rings. The molecule has 20 nitrogen and oxygen atoms in total. The van der Waals surface area contributed by atoms with Gasteiger partial charge in [-0.25, -0.2) is 9.13 Å². The predicted molar refractivity (Wildman–Crippen MR) is 259 cm³/mol. The van der Waals surface area contributed by atoms with E-state index in [9.17, 15) is 13.7 Å². The van der Waals surface area contributed by atoms with Crippen LogP contribution >= 0.6 is 22.8 Å². The van der Waals surface area contributed by atoms with Gasteiger partial charge in [0, 0.05) is 97.1 Å². The summed E-state index contributed by atoms with van der Waals surface area (Å²) < 4.78 is 46.1. The number of hydrogen-bond donors (Lipinski definition) is 9. The average Bonchev–Trinajstić information content (AvgIpc) is 3.37. The maximum Gasteiger partial charge on any atom is 0.390 e. The van der Waals surface area contributed by atoms with E-state index >= 15 is 0 Å². The van der Waals surface area contributed by atoms with Crippen molar-refractivity contribution in [3.63, 3.8) is 0 Å². The van der Waals surface area contributed by atoms with E-state index in [0.717, 1.165) is 45.5 Å². The van der Waals surface area contributed by atoms with Gasteiger partial charge in [0.15, 0.2) is 99.1 Å². The SMILES string of the molecule is CC[n+]1ccc(-c2cc[n+](CP(=O)(O)O)cc2)cc1.C[n+]1ccc(-c2cc[n+](CO)cc2)cc1.O=P(O)(O)C[n+]1ccc(-c2cc[n+](CP(=O)(O)O)cc2)cc1.OC[n+]1ccc(-c2cc[n+](CO)cc2)cc1. The van der Waals surface area contributed by atoms with E-state index in [-0.39, 0.29) is 39.0 Å². The smallest absolute Gasteiger partial charge is 0.339 e. The van der Waals surface area contributed by atoms with Crippen LogP contribution in [-0.4, -0.2) is 44.7 Å². The molecule has 0 atom stereocenters. The number of nitrogens with zero attached hydrogens (tertiary/aromatic N) is 8. The predicted octanol–water partition coefficient (Wildman–Crippen LogP) is 1.53. The van der Waals surface area contributed by atoms with Crippen molar-refractivity contribution in [2.45, 2.75) is 52.5 Å². The summed E-state index contributed by atoms with van der Waals surface area (Å²) in [5.41, 5.74) is 8.23. The molecule has 8 aromatic rings. The van der Waals surface area contributed by atoms with Crippen LogP contribution in [0.4, 0.5) is 0 Å². The fraction of sp³-hybridized carbons (Fsp3) is 0.184. The maximum absolute atomic E-state index is 10.9. The molecule has 8 aromatic heterocycles. The van der Waals surface area contributed by atoms with Gasteiger partial charge in [-0.15, -0.1) is 0 Å². The van der Waals surface area contributed by atoms with Crippen LogP contribution in [0.1, 0.15) is 6.92 Å². The number of aliphatic hydroxyl groups is 3. The minimum atomic E-state index is -4.12. The van der Waals surface area contributed by atoms with Crippen molar-refractivity contribution in [3.05, 3.63) is 196 Å². The van der Waals surface area contributed by atoms with Crippen LogP contribution in [0.2, 0.25) is 0 Å². The van der Waals surface area contributed by atoms with Gasteiger partial charge < -0.3 is 44.7 Å². The summed E-state index contributed by atoms with van der Waals surface area (Å²) in [7, 11) is -10.3. The van der Waals surface area contributed by atoms with E-state index < -0.39 is 22.8 Å². The van der Waals surface area contributed by atoms with Crippen molar-refractivity contribution in [2.75, 3.05) is 0 Å². The molecule has 0 unspecified atom stereocenters. The van der Waals surface area contributed by atoms with Crippen LogP contribution in [-0.2, 0) is 66.3 Å². The molecule has 0 saturated carbocycles. The minimum absolute atomic E-state index is 0.0143.